The molecule has 0 bridgehead atoms. The molecule has 2 N–H and O–H groups in total. The Bertz CT molecular complexity index is 216. The van der Waals surface area contributed by atoms with Gasteiger partial charge in [0.25, 0.3) is 0 Å². The second kappa shape index (κ2) is 9.51. The molecule has 0 aliphatic carbocycles. The lowest BCUT2D eigenvalue weighted by atomic mass is 10.2. The Balaban J connectivity index is 0. The van der Waals surface area contributed by atoms with Gasteiger partial charge in [-0.15, -0.1) is 0 Å². The average molecular weight is 164 g/mol. The Labute approximate surface area is 74.7 Å². The predicted octanol–water partition coefficient (Wildman–Crippen LogP) is 2.51. The van der Waals surface area contributed by atoms with Gasteiger partial charge in [-0.25, -0.2) is 0 Å². The molecule has 0 aromatic carbocycles. The van der Waals surface area contributed by atoms with Crippen molar-refractivity contribution < 1.29 is 0 Å². The first-order chi connectivity index (χ1) is 5.76. The van der Waals surface area contributed by atoms with Gasteiger partial charge in [0.1, 0.15) is 6.07 Å². The molecular formula is C10H16N2. The summed E-state index contributed by atoms with van der Waals surface area (Å²) in [6.07, 6.45) is 4.81. The minimum absolute atomic E-state index is 0.458. The molecule has 0 amide bonds. The fourth-order valence-electron chi connectivity index (χ4n) is 0.513. The van der Waals surface area contributed by atoms with Gasteiger partial charge in [-0.3, -0.25) is 0 Å². The summed E-state index contributed by atoms with van der Waals surface area (Å²) < 4.78 is 0. The molecule has 0 atom stereocenters. The number of nitriles is 1. The van der Waals surface area contributed by atoms with E-state index in [4.69, 9.17) is 11.0 Å². The topological polar surface area (TPSA) is 49.8 Å². The highest BCUT2D eigenvalue weighted by molar-refractivity contribution is 5.40. The minimum Gasteiger partial charge on any atom is -0.398 e. The van der Waals surface area contributed by atoms with E-state index >= 15 is 0 Å². The van der Waals surface area contributed by atoms with Crippen molar-refractivity contribution in [2.24, 2.45) is 5.73 Å². The Kier molecular flexibility index (Phi) is 10.4. The highest BCUT2D eigenvalue weighted by atomic mass is 14.6. The van der Waals surface area contributed by atoms with E-state index in [0.29, 0.717) is 11.3 Å². The molecule has 0 saturated heterocycles. The number of nitrogens with zero attached hydrogens (tertiary/aromatic N) is 1. The Morgan fingerprint density at radius 3 is 2.25 bits per heavy atom. The summed E-state index contributed by atoms with van der Waals surface area (Å²) in [5, 5.41) is 8.45. The van der Waals surface area contributed by atoms with E-state index in [0.717, 1.165) is 0 Å². The summed E-state index contributed by atoms with van der Waals surface area (Å²) in [7, 11) is 0. The molecule has 0 radical (unpaired) electrons. The molecule has 0 aromatic rings. The molecule has 12 heavy (non-hydrogen) atoms. The summed E-state index contributed by atoms with van der Waals surface area (Å²) in [5.41, 5.74) is 6.39. The fourth-order valence-corrected chi connectivity index (χ4v) is 0.513. The summed E-state index contributed by atoms with van der Waals surface area (Å²) >= 11 is 0. The molecule has 0 spiro atoms. The molecule has 0 aromatic heterocycles. The summed E-state index contributed by atoms with van der Waals surface area (Å²) in [5.74, 6) is 0. The first-order valence-corrected chi connectivity index (χ1v) is 3.91. The van der Waals surface area contributed by atoms with Crippen molar-refractivity contribution in [3.8, 4) is 6.07 Å². The lowest BCUT2D eigenvalue weighted by molar-refractivity contribution is 1.33. The van der Waals surface area contributed by atoms with Crippen LogP contribution in [0.25, 0.3) is 0 Å². The molecule has 2 nitrogen and oxygen atoms in total. The van der Waals surface area contributed by atoms with E-state index in [1.807, 2.05) is 19.9 Å². The second-order valence-electron chi connectivity index (χ2n) is 1.67. The number of nitrogens with two attached hydrogens (primary N) is 1. The maximum Gasteiger partial charge on any atom is 0.101 e. The third-order valence-electron chi connectivity index (χ3n) is 1.02. The Hall–Kier alpha value is -1.49. The first kappa shape index (κ1) is 13.1. The molecule has 66 valence electrons. The summed E-state index contributed by atoms with van der Waals surface area (Å²) in [6.45, 7) is 9.22. The van der Waals surface area contributed by atoms with Gasteiger partial charge >= 0.3 is 0 Å². The van der Waals surface area contributed by atoms with Crippen LogP contribution in [-0.2, 0) is 0 Å². The van der Waals surface area contributed by atoms with Gasteiger partial charge in [-0.05, 0) is 13.0 Å². The smallest absolute Gasteiger partial charge is 0.101 e. The van der Waals surface area contributed by atoms with Gasteiger partial charge in [0.05, 0.1) is 5.57 Å². The van der Waals surface area contributed by atoms with Crippen molar-refractivity contribution in [2.75, 3.05) is 0 Å². The van der Waals surface area contributed by atoms with Crippen molar-refractivity contribution >= 4 is 0 Å². The molecule has 0 aliphatic heterocycles. The van der Waals surface area contributed by atoms with Crippen LogP contribution in [0.4, 0.5) is 0 Å². The third-order valence-corrected chi connectivity index (χ3v) is 1.02. The summed E-state index contributed by atoms with van der Waals surface area (Å²) in [4.78, 5) is 0. The van der Waals surface area contributed by atoms with Gasteiger partial charge in [-0.2, -0.15) is 5.26 Å². The second-order valence-corrected chi connectivity index (χ2v) is 1.67. The van der Waals surface area contributed by atoms with E-state index in [2.05, 4.69) is 6.58 Å². The van der Waals surface area contributed by atoms with Gasteiger partial charge in [-0.1, -0.05) is 32.6 Å². The van der Waals surface area contributed by atoms with Crippen molar-refractivity contribution in [3.05, 3.63) is 36.1 Å². The zero-order valence-electron chi connectivity index (χ0n) is 7.96. The van der Waals surface area contributed by atoms with Crippen LogP contribution in [-0.4, -0.2) is 0 Å². The first-order valence-electron chi connectivity index (χ1n) is 3.91. The zero-order valence-corrected chi connectivity index (χ0v) is 7.96. The van der Waals surface area contributed by atoms with Crippen LogP contribution in [0.15, 0.2) is 36.1 Å². The highest BCUT2D eigenvalue weighted by Crippen LogP contribution is 2.00. The standard InChI is InChI=1S/C8H10N2.C2H6/c1-3-5-8(10)7(4-2)6-9;1-2/h3-5H,1,10H2,2H3;1-2H3/b7-4-,8-5+;. The fraction of sp³-hybridized carbons (Fsp3) is 0.300. The maximum absolute atomic E-state index is 8.45. The van der Waals surface area contributed by atoms with Crippen molar-refractivity contribution in [2.45, 2.75) is 20.8 Å². The van der Waals surface area contributed by atoms with Crippen LogP contribution in [0.5, 0.6) is 0 Å². The van der Waals surface area contributed by atoms with Crippen LogP contribution in [0.1, 0.15) is 20.8 Å². The molecule has 2 heteroatoms. The van der Waals surface area contributed by atoms with E-state index in [1.165, 1.54) is 0 Å². The normalized spacial score (nSPS) is 10.8. The molecule has 0 aliphatic rings. The van der Waals surface area contributed by atoms with E-state index in [-0.39, 0.29) is 0 Å². The van der Waals surface area contributed by atoms with E-state index in [9.17, 15) is 0 Å². The largest absolute Gasteiger partial charge is 0.398 e. The van der Waals surface area contributed by atoms with Crippen LogP contribution in [0, 0.1) is 11.3 Å². The lowest BCUT2D eigenvalue weighted by Gasteiger charge is -1.93. The monoisotopic (exact) mass is 164 g/mol. The number of hydrogen-bond acceptors (Lipinski definition) is 2. The number of allylic oxidation sites excluding steroid dienone is 4. The van der Waals surface area contributed by atoms with Gasteiger partial charge < -0.3 is 5.73 Å². The Morgan fingerprint density at radius 2 is 2.00 bits per heavy atom. The maximum atomic E-state index is 8.45. The zero-order chi connectivity index (χ0) is 9.98. The van der Waals surface area contributed by atoms with Gasteiger partial charge in [0.2, 0.25) is 0 Å². The molecular weight excluding hydrogens is 148 g/mol. The number of rotatable bonds is 2. The van der Waals surface area contributed by atoms with E-state index < -0.39 is 0 Å². The van der Waals surface area contributed by atoms with Crippen molar-refractivity contribution in [1.29, 1.82) is 5.26 Å². The van der Waals surface area contributed by atoms with Crippen molar-refractivity contribution in [3.63, 3.8) is 0 Å². The molecule has 0 fully saturated rings. The van der Waals surface area contributed by atoms with Crippen LogP contribution in [0.3, 0.4) is 0 Å². The van der Waals surface area contributed by atoms with Crippen molar-refractivity contribution in [1.82, 2.24) is 0 Å². The summed E-state index contributed by atoms with van der Waals surface area (Å²) in [6, 6.07) is 1.96. The molecule has 0 unspecified atom stereocenters. The van der Waals surface area contributed by atoms with Crippen LogP contribution >= 0.6 is 0 Å². The molecule has 0 heterocycles. The Morgan fingerprint density at radius 1 is 1.50 bits per heavy atom. The quantitative estimate of drug-likeness (QED) is 0.503. The third kappa shape index (κ3) is 5.31. The van der Waals surface area contributed by atoms with E-state index in [1.54, 1.807) is 25.2 Å². The van der Waals surface area contributed by atoms with Crippen LogP contribution < -0.4 is 5.73 Å². The lowest BCUT2D eigenvalue weighted by Crippen LogP contribution is -1.98. The highest BCUT2D eigenvalue weighted by Gasteiger charge is 1.93. The average Bonchev–Trinajstić information content (AvgIpc) is 2.11. The number of hydrogen-bond donors (Lipinski definition) is 1. The molecule has 0 saturated carbocycles. The minimum atomic E-state index is 0.458. The van der Waals surface area contributed by atoms with Crippen LogP contribution in [0.2, 0.25) is 0 Å². The molecule has 0 rings (SSSR count). The van der Waals surface area contributed by atoms with Gasteiger partial charge in [0.15, 0.2) is 0 Å². The SMILES string of the molecule is C=C/C=C(N)\C(C#N)=C/C.CC. The predicted molar refractivity (Wildman–Crippen MR) is 53.2 cm³/mol. The van der Waals surface area contributed by atoms with Gasteiger partial charge in [0, 0.05) is 5.70 Å².